The summed E-state index contributed by atoms with van der Waals surface area (Å²) in [6.07, 6.45) is 7.02. The zero-order valence-electron chi connectivity index (χ0n) is 20.6. The number of primary amides is 1. The largest absolute Gasteiger partial charge is 0.379 e. The number of hydrogen-bond donors (Lipinski definition) is 1. The maximum atomic E-state index is 11.0. The SMILES string of the molecule is CCCCC(C)CC(C)CC(C)C.NC(=O)c1cc([N+](=O)[O-])n(CCN2CCOCC2)n1. The molecule has 2 heterocycles. The molecule has 2 atom stereocenters. The Balaban J connectivity index is 0.000000347. The lowest BCUT2D eigenvalue weighted by Crippen LogP contribution is -2.38. The molecule has 1 saturated heterocycles. The van der Waals surface area contributed by atoms with Crippen molar-refractivity contribution in [3.05, 3.63) is 21.9 Å². The molecule has 1 amide bonds. The van der Waals surface area contributed by atoms with Gasteiger partial charge in [-0.25, -0.2) is 0 Å². The minimum atomic E-state index is -0.770. The maximum Gasteiger partial charge on any atom is 0.345 e. The van der Waals surface area contributed by atoms with E-state index in [1.165, 1.54) is 36.8 Å². The van der Waals surface area contributed by atoms with E-state index in [2.05, 4.69) is 44.6 Å². The minimum Gasteiger partial charge on any atom is -0.379 e. The third-order valence-electron chi connectivity index (χ3n) is 5.66. The molecule has 1 aliphatic heterocycles. The predicted molar refractivity (Wildman–Crippen MR) is 127 cm³/mol. The van der Waals surface area contributed by atoms with Gasteiger partial charge in [-0.2, -0.15) is 0 Å². The number of hydrogen-bond acceptors (Lipinski definition) is 6. The molecule has 9 heteroatoms. The number of nitrogens with zero attached hydrogens (tertiary/aromatic N) is 4. The highest BCUT2D eigenvalue weighted by molar-refractivity contribution is 5.91. The summed E-state index contributed by atoms with van der Waals surface area (Å²) in [4.78, 5) is 23.4. The number of morpholine rings is 1. The van der Waals surface area contributed by atoms with Crippen molar-refractivity contribution in [1.82, 2.24) is 14.7 Å². The second-order valence-electron chi connectivity index (χ2n) is 9.40. The Morgan fingerprint density at radius 2 is 1.84 bits per heavy atom. The first-order valence-corrected chi connectivity index (χ1v) is 12.0. The molecule has 2 rings (SSSR count). The second kappa shape index (κ2) is 14.9. The number of unbranched alkanes of at least 4 members (excludes halogenated alkanes) is 1. The molecular weight excluding hydrogens is 410 g/mol. The van der Waals surface area contributed by atoms with Crippen molar-refractivity contribution in [3.8, 4) is 0 Å². The third kappa shape index (κ3) is 11.0. The standard InChI is InChI=1S/C13H28.C10H15N5O4/c1-6-7-8-12(4)10-13(5)9-11(2)3;11-10(16)8-7-9(15(17)18)14(12-8)2-1-13-3-5-19-6-4-13/h11-13H,6-10H2,1-5H3;7H,1-6H2,(H2,11,16). The molecule has 2 N–H and O–H groups in total. The lowest BCUT2D eigenvalue weighted by Gasteiger charge is -2.25. The van der Waals surface area contributed by atoms with E-state index >= 15 is 0 Å². The van der Waals surface area contributed by atoms with Gasteiger partial charge in [0.2, 0.25) is 0 Å². The zero-order valence-corrected chi connectivity index (χ0v) is 20.6. The Kier molecular flexibility index (Phi) is 13.1. The smallest absolute Gasteiger partial charge is 0.345 e. The van der Waals surface area contributed by atoms with Gasteiger partial charge in [0.15, 0.2) is 5.69 Å². The fourth-order valence-electron chi connectivity index (χ4n) is 4.16. The number of rotatable bonds is 12. The van der Waals surface area contributed by atoms with Crippen LogP contribution in [0.3, 0.4) is 0 Å². The van der Waals surface area contributed by atoms with Gasteiger partial charge in [0.1, 0.15) is 6.54 Å². The van der Waals surface area contributed by atoms with E-state index in [0.717, 1.165) is 36.9 Å². The minimum absolute atomic E-state index is 0.0892. The highest BCUT2D eigenvalue weighted by atomic mass is 16.6. The van der Waals surface area contributed by atoms with Crippen molar-refractivity contribution in [2.24, 2.45) is 23.5 Å². The predicted octanol–water partition coefficient (Wildman–Crippen LogP) is 4.11. The molecule has 0 saturated carbocycles. The Morgan fingerprint density at radius 3 is 2.38 bits per heavy atom. The van der Waals surface area contributed by atoms with E-state index in [9.17, 15) is 14.9 Å². The Bertz CT molecular complexity index is 686. The summed E-state index contributed by atoms with van der Waals surface area (Å²) in [6, 6.07) is 1.10. The number of aromatic nitrogens is 2. The summed E-state index contributed by atoms with van der Waals surface area (Å²) in [5.74, 6) is 1.74. The normalized spacial score (nSPS) is 16.3. The van der Waals surface area contributed by atoms with Crippen molar-refractivity contribution in [2.45, 2.75) is 73.3 Å². The van der Waals surface area contributed by atoms with Crippen LogP contribution in [0.15, 0.2) is 6.07 Å². The van der Waals surface area contributed by atoms with E-state index in [1.54, 1.807) is 0 Å². The Hall–Kier alpha value is -2.00. The van der Waals surface area contributed by atoms with Crippen LogP contribution in [0.25, 0.3) is 0 Å². The number of carbonyl (C=O) groups excluding carboxylic acids is 1. The van der Waals surface area contributed by atoms with Crippen LogP contribution in [-0.4, -0.2) is 58.4 Å². The number of amides is 1. The number of nitro groups is 1. The summed E-state index contributed by atoms with van der Waals surface area (Å²) in [5, 5.41) is 14.7. The topological polar surface area (TPSA) is 117 Å². The summed E-state index contributed by atoms with van der Waals surface area (Å²) in [5.41, 5.74) is 4.98. The van der Waals surface area contributed by atoms with Crippen LogP contribution in [0.4, 0.5) is 5.82 Å². The first-order chi connectivity index (χ1) is 15.1. The van der Waals surface area contributed by atoms with Crippen LogP contribution in [0.1, 0.15) is 77.2 Å². The number of nitrogens with two attached hydrogens (primary N) is 1. The van der Waals surface area contributed by atoms with E-state index in [0.29, 0.717) is 26.3 Å². The Morgan fingerprint density at radius 1 is 1.19 bits per heavy atom. The highest BCUT2D eigenvalue weighted by Crippen LogP contribution is 2.22. The van der Waals surface area contributed by atoms with Crippen molar-refractivity contribution in [2.75, 3.05) is 32.8 Å². The van der Waals surface area contributed by atoms with Crippen molar-refractivity contribution in [1.29, 1.82) is 0 Å². The average molecular weight is 454 g/mol. The van der Waals surface area contributed by atoms with Gasteiger partial charge < -0.3 is 20.6 Å². The first kappa shape index (κ1) is 28.0. The molecule has 1 fully saturated rings. The van der Waals surface area contributed by atoms with Gasteiger partial charge in [0, 0.05) is 19.6 Å². The van der Waals surface area contributed by atoms with Crippen LogP contribution >= 0.6 is 0 Å². The molecule has 1 aliphatic rings. The molecule has 32 heavy (non-hydrogen) atoms. The maximum absolute atomic E-state index is 11.0. The molecule has 9 nitrogen and oxygen atoms in total. The van der Waals surface area contributed by atoms with Crippen molar-refractivity contribution >= 4 is 11.7 Å². The molecule has 0 bridgehead atoms. The lowest BCUT2D eigenvalue weighted by atomic mass is 9.88. The van der Waals surface area contributed by atoms with E-state index in [1.807, 2.05) is 0 Å². The lowest BCUT2D eigenvalue weighted by molar-refractivity contribution is -0.392. The fourth-order valence-corrected chi connectivity index (χ4v) is 4.16. The third-order valence-corrected chi connectivity index (χ3v) is 5.66. The number of carbonyl (C=O) groups is 1. The first-order valence-electron chi connectivity index (χ1n) is 12.0. The van der Waals surface area contributed by atoms with Gasteiger partial charge in [-0.15, -0.1) is 4.68 Å². The van der Waals surface area contributed by atoms with E-state index in [4.69, 9.17) is 10.5 Å². The molecule has 2 unspecified atom stereocenters. The van der Waals surface area contributed by atoms with Gasteiger partial charge >= 0.3 is 5.82 Å². The highest BCUT2D eigenvalue weighted by Gasteiger charge is 2.22. The molecule has 0 radical (unpaired) electrons. The van der Waals surface area contributed by atoms with Gasteiger partial charge in [0.25, 0.3) is 5.91 Å². The van der Waals surface area contributed by atoms with E-state index in [-0.39, 0.29) is 11.5 Å². The molecule has 0 aromatic carbocycles. The van der Waals surface area contributed by atoms with Gasteiger partial charge in [-0.05, 0) is 35.5 Å². The summed E-state index contributed by atoms with van der Waals surface area (Å²) >= 11 is 0. The fraction of sp³-hybridized carbons (Fsp3) is 0.826. The molecule has 1 aromatic rings. The quantitative estimate of drug-likeness (QED) is 0.376. The van der Waals surface area contributed by atoms with E-state index < -0.39 is 10.8 Å². The average Bonchev–Trinajstić information content (AvgIpc) is 3.16. The summed E-state index contributed by atoms with van der Waals surface area (Å²) in [6.45, 7) is 15.6. The van der Waals surface area contributed by atoms with Gasteiger partial charge in [-0.3, -0.25) is 9.69 Å². The molecule has 1 aromatic heterocycles. The van der Waals surface area contributed by atoms with Crippen LogP contribution in [-0.2, 0) is 11.3 Å². The molecule has 184 valence electrons. The van der Waals surface area contributed by atoms with Gasteiger partial charge in [0.05, 0.1) is 19.3 Å². The number of ether oxygens (including phenoxy) is 1. The zero-order chi connectivity index (χ0) is 24.1. The Labute approximate surface area is 192 Å². The molecule has 0 aliphatic carbocycles. The monoisotopic (exact) mass is 453 g/mol. The van der Waals surface area contributed by atoms with Crippen LogP contribution in [0.5, 0.6) is 0 Å². The summed E-state index contributed by atoms with van der Waals surface area (Å²) < 4.78 is 6.42. The van der Waals surface area contributed by atoms with Crippen LogP contribution in [0.2, 0.25) is 0 Å². The second-order valence-corrected chi connectivity index (χ2v) is 9.40. The molecular formula is C23H43N5O4. The summed E-state index contributed by atoms with van der Waals surface area (Å²) in [7, 11) is 0. The molecule has 0 spiro atoms. The van der Waals surface area contributed by atoms with Crippen LogP contribution < -0.4 is 5.73 Å². The van der Waals surface area contributed by atoms with Crippen molar-refractivity contribution < 1.29 is 14.5 Å². The van der Waals surface area contributed by atoms with Crippen molar-refractivity contribution in [3.63, 3.8) is 0 Å². The van der Waals surface area contributed by atoms with Crippen LogP contribution in [0, 0.1) is 27.9 Å². The van der Waals surface area contributed by atoms with Gasteiger partial charge in [-0.1, -0.05) is 59.0 Å².